The van der Waals surface area contributed by atoms with Crippen LogP contribution in [0.3, 0.4) is 0 Å². The molecule has 2 aromatic rings. The van der Waals surface area contributed by atoms with Gasteiger partial charge < -0.3 is 9.80 Å². The highest BCUT2D eigenvalue weighted by Crippen LogP contribution is 2.21. The highest BCUT2D eigenvalue weighted by atomic mass is 32.1. The molecule has 7 heteroatoms. The third-order valence-electron chi connectivity index (χ3n) is 6.26. The maximum absolute atomic E-state index is 13.0. The summed E-state index contributed by atoms with van der Waals surface area (Å²) in [4.78, 5) is 55.7. The Morgan fingerprint density at radius 1 is 0.941 bits per heavy atom. The van der Waals surface area contributed by atoms with E-state index in [1.54, 1.807) is 6.07 Å². The van der Waals surface area contributed by atoms with Crippen LogP contribution in [-0.2, 0) is 9.59 Å². The average molecular weight is 483 g/mol. The van der Waals surface area contributed by atoms with Crippen LogP contribution in [0, 0.1) is 6.92 Å². The number of amides is 2. The van der Waals surface area contributed by atoms with Crippen LogP contribution in [0.5, 0.6) is 0 Å². The Hall–Kier alpha value is -2.80. The largest absolute Gasteiger partial charge is 0.340 e. The van der Waals surface area contributed by atoms with E-state index < -0.39 is 0 Å². The smallest absolute Gasteiger partial charge is 0.253 e. The number of carbonyl (C=O) groups excluding carboxylic acids is 4. The molecule has 1 aromatic heterocycles. The van der Waals surface area contributed by atoms with Gasteiger partial charge in [0.2, 0.25) is 5.91 Å². The maximum Gasteiger partial charge on any atom is 0.253 e. The molecule has 0 spiro atoms. The first-order valence-corrected chi connectivity index (χ1v) is 13.0. The molecule has 0 aliphatic carbocycles. The third-order valence-corrected chi connectivity index (χ3v) is 7.30. The van der Waals surface area contributed by atoms with Crippen LogP contribution in [0.25, 0.3) is 0 Å². The Bertz CT molecular complexity index is 993. The molecule has 34 heavy (non-hydrogen) atoms. The predicted molar refractivity (Wildman–Crippen MR) is 134 cm³/mol. The van der Waals surface area contributed by atoms with Crippen LogP contribution >= 0.6 is 11.3 Å². The number of thiophene rings is 1. The third kappa shape index (κ3) is 7.10. The van der Waals surface area contributed by atoms with Crippen LogP contribution in [0.2, 0.25) is 0 Å². The predicted octanol–water partition coefficient (Wildman–Crippen LogP) is 4.91. The second-order valence-corrected chi connectivity index (χ2v) is 10.1. The number of rotatable bonds is 11. The number of ketones is 2. The summed E-state index contributed by atoms with van der Waals surface area (Å²) in [6.07, 6.45) is 3.05. The van der Waals surface area contributed by atoms with Gasteiger partial charge in [-0.3, -0.25) is 19.2 Å². The van der Waals surface area contributed by atoms with E-state index >= 15 is 0 Å². The maximum atomic E-state index is 13.0. The lowest BCUT2D eigenvalue weighted by molar-refractivity contribution is -0.136. The van der Waals surface area contributed by atoms with Crippen molar-refractivity contribution in [2.24, 2.45) is 0 Å². The first-order chi connectivity index (χ1) is 16.4. The molecule has 1 aliphatic heterocycles. The zero-order valence-corrected chi connectivity index (χ0v) is 20.9. The van der Waals surface area contributed by atoms with Crippen molar-refractivity contribution in [3.63, 3.8) is 0 Å². The van der Waals surface area contributed by atoms with Gasteiger partial charge in [0, 0.05) is 61.8 Å². The summed E-state index contributed by atoms with van der Waals surface area (Å²) in [6.45, 7) is 5.88. The average Bonchev–Trinajstić information content (AvgIpc) is 3.31. The molecule has 2 heterocycles. The zero-order valence-electron chi connectivity index (χ0n) is 20.1. The quantitative estimate of drug-likeness (QED) is 0.427. The Balaban J connectivity index is 1.45. The summed E-state index contributed by atoms with van der Waals surface area (Å²) in [5, 5.41) is 0. The molecule has 3 rings (SSSR count). The lowest BCUT2D eigenvalue weighted by atomic mass is 10.0. The number of Topliss-reactive ketones (excluding diaryl/α,β-unsaturated/α-hetero) is 2. The molecule has 0 saturated carbocycles. The van der Waals surface area contributed by atoms with E-state index in [1.165, 1.54) is 11.3 Å². The molecular formula is C27H34N2O4S. The Morgan fingerprint density at radius 2 is 1.62 bits per heavy atom. The van der Waals surface area contributed by atoms with E-state index in [4.69, 9.17) is 0 Å². The monoisotopic (exact) mass is 482 g/mol. The van der Waals surface area contributed by atoms with Crippen molar-refractivity contribution in [3.05, 3.63) is 57.8 Å². The van der Waals surface area contributed by atoms with E-state index in [1.807, 2.05) is 60.0 Å². The highest BCUT2D eigenvalue weighted by Gasteiger charge is 2.29. The Kier molecular flexibility index (Phi) is 9.57. The van der Waals surface area contributed by atoms with Gasteiger partial charge in [-0.25, -0.2) is 0 Å². The van der Waals surface area contributed by atoms with E-state index in [2.05, 4.69) is 0 Å². The van der Waals surface area contributed by atoms with E-state index in [0.717, 1.165) is 24.1 Å². The summed E-state index contributed by atoms with van der Waals surface area (Å²) < 4.78 is 0. The molecule has 0 radical (unpaired) electrons. The fourth-order valence-corrected chi connectivity index (χ4v) is 5.21. The van der Waals surface area contributed by atoms with Gasteiger partial charge in [0.15, 0.2) is 5.78 Å². The van der Waals surface area contributed by atoms with Crippen molar-refractivity contribution in [1.82, 2.24) is 9.80 Å². The summed E-state index contributed by atoms with van der Waals surface area (Å²) in [5.41, 5.74) is 0.689. The molecule has 0 unspecified atom stereocenters. The minimum atomic E-state index is -0.0466. The van der Waals surface area contributed by atoms with Crippen molar-refractivity contribution < 1.29 is 19.2 Å². The molecule has 1 aliphatic rings. The standard InChI is InChI=1S/C27H34N2O4S/c1-3-17-29(22-15-18-28(19-16-22)27(33)21-7-5-4-6-8-21)26(32)14-11-23(30)10-12-24(31)25-13-9-20(2)34-25/h4-9,13,22H,3,10-12,14-19H2,1-2H3. The Morgan fingerprint density at radius 3 is 2.24 bits per heavy atom. The number of nitrogens with zero attached hydrogens (tertiary/aromatic N) is 2. The fourth-order valence-electron chi connectivity index (χ4n) is 4.37. The summed E-state index contributed by atoms with van der Waals surface area (Å²) in [7, 11) is 0. The minimum Gasteiger partial charge on any atom is -0.340 e. The number of piperidine rings is 1. The van der Waals surface area contributed by atoms with Gasteiger partial charge in [-0.1, -0.05) is 25.1 Å². The normalized spacial score (nSPS) is 14.1. The van der Waals surface area contributed by atoms with Gasteiger partial charge in [0.05, 0.1) is 4.88 Å². The van der Waals surface area contributed by atoms with Gasteiger partial charge in [-0.05, 0) is 50.5 Å². The second-order valence-electron chi connectivity index (χ2n) is 8.85. The molecule has 6 nitrogen and oxygen atoms in total. The number of hydrogen-bond acceptors (Lipinski definition) is 5. The van der Waals surface area contributed by atoms with E-state index in [9.17, 15) is 19.2 Å². The number of likely N-dealkylation sites (tertiary alicyclic amines) is 1. The van der Waals surface area contributed by atoms with Crippen LogP contribution in [0.1, 0.15) is 76.8 Å². The van der Waals surface area contributed by atoms with Gasteiger partial charge >= 0.3 is 0 Å². The number of aryl methyl sites for hydroxylation is 1. The Labute approximate surface area is 205 Å². The number of hydrogen-bond donors (Lipinski definition) is 0. The van der Waals surface area contributed by atoms with Gasteiger partial charge in [-0.15, -0.1) is 11.3 Å². The van der Waals surface area contributed by atoms with Gasteiger partial charge in [-0.2, -0.15) is 0 Å². The number of carbonyl (C=O) groups is 4. The topological polar surface area (TPSA) is 74.8 Å². The fraction of sp³-hybridized carbons (Fsp3) is 0.481. The van der Waals surface area contributed by atoms with Crippen molar-refractivity contribution in [2.45, 2.75) is 64.8 Å². The molecule has 1 fully saturated rings. The van der Waals surface area contributed by atoms with Crippen LogP contribution in [0.15, 0.2) is 42.5 Å². The van der Waals surface area contributed by atoms with Gasteiger partial charge in [0.1, 0.15) is 5.78 Å². The molecule has 0 bridgehead atoms. The number of benzene rings is 1. The summed E-state index contributed by atoms with van der Waals surface area (Å²) in [6, 6.07) is 13.1. The molecular weight excluding hydrogens is 448 g/mol. The minimum absolute atomic E-state index is 0.0109. The first kappa shape index (κ1) is 25.8. The van der Waals surface area contributed by atoms with Crippen LogP contribution in [0.4, 0.5) is 0 Å². The molecule has 0 atom stereocenters. The van der Waals surface area contributed by atoms with Crippen molar-refractivity contribution >= 4 is 34.7 Å². The SMILES string of the molecule is CCCN(C(=O)CCC(=O)CCC(=O)c1ccc(C)s1)C1CCN(C(=O)c2ccccc2)CC1. The lowest BCUT2D eigenvalue weighted by Gasteiger charge is -2.38. The molecule has 1 saturated heterocycles. The lowest BCUT2D eigenvalue weighted by Crippen LogP contribution is -2.49. The molecule has 2 amide bonds. The van der Waals surface area contributed by atoms with Crippen molar-refractivity contribution in [3.8, 4) is 0 Å². The van der Waals surface area contributed by atoms with Crippen LogP contribution in [-0.4, -0.2) is 58.9 Å². The zero-order chi connectivity index (χ0) is 24.5. The van der Waals surface area contributed by atoms with Crippen molar-refractivity contribution in [1.29, 1.82) is 0 Å². The van der Waals surface area contributed by atoms with Crippen LogP contribution < -0.4 is 0 Å². The summed E-state index contributed by atoms with van der Waals surface area (Å²) >= 11 is 1.45. The first-order valence-electron chi connectivity index (χ1n) is 12.1. The van der Waals surface area contributed by atoms with E-state index in [0.29, 0.717) is 30.1 Å². The molecule has 0 N–H and O–H groups in total. The highest BCUT2D eigenvalue weighted by molar-refractivity contribution is 7.14. The second kappa shape index (κ2) is 12.6. The molecule has 182 valence electrons. The van der Waals surface area contributed by atoms with Crippen molar-refractivity contribution in [2.75, 3.05) is 19.6 Å². The molecule has 1 aromatic carbocycles. The summed E-state index contributed by atoms with van der Waals surface area (Å²) in [5.74, 6) is -0.0367. The van der Waals surface area contributed by atoms with Gasteiger partial charge in [0.25, 0.3) is 5.91 Å². The van der Waals surface area contributed by atoms with E-state index in [-0.39, 0.29) is 55.1 Å².